The fourth-order valence-electron chi connectivity index (χ4n) is 2.20. The van der Waals surface area contributed by atoms with Crippen LogP contribution in [-0.2, 0) is 6.42 Å². The number of aryl methyl sites for hydroxylation is 1. The lowest BCUT2D eigenvalue weighted by molar-refractivity contribution is 0.0991. The molecule has 92 valence electrons. The van der Waals surface area contributed by atoms with E-state index >= 15 is 0 Å². The third kappa shape index (κ3) is 3.89. The van der Waals surface area contributed by atoms with Crippen LogP contribution in [0.1, 0.15) is 31.6 Å². The molecule has 2 nitrogen and oxygen atoms in total. The molecule has 1 atom stereocenters. The summed E-state index contributed by atoms with van der Waals surface area (Å²) in [6.07, 6.45) is 3.02. The Bertz CT molecular complexity index is 278. The predicted molar refractivity (Wildman–Crippen MR) is 70.7 cm³/mol. The molecule has 0 fully saturated rings. The fraction of sp³-hybridized carbons (Fsp3) is 0.692. The fourth-order valence-corrected chi connectivity index (χ4v) is 2.91. The zero-order valence-electron chi connectivity index (χ0n) is 10.3. The van der Waals surface area contributed by atoms with Gasteiger partial charge in [0.25, 0.3) is 0 Å². The van der Waals surface area contributed by atoms with Crippen LogP contribution in [0.5, 0.6) is 0 Å². The van der Waals surface area contributed by atoms with E-state index < -0.39 is 0 Å². The maximum Gasteiger partial charge on any atom is 0.0499 e. The number of rotatable bonds is 7. The number of thiophene rings is 1. The van der Waals surface area contributed by atoms with Crippen LogP contribution in [0.15, 0.2) is 17.5 Å². The maximum atomic E-state index is 9.58. The summed E-state index contributed by atoms with van der Waals surface area (Å²) in [7, 11) is 0. The van der Waals surface area contributed by atoms with E-state index in [1.807, 2.05) is 0 Å². The zero-order valence-corrected chi connectivity index (χ0v) is 11.1. The Balaban J connectivity index is 2.56. The van der Waals surface area contributed by atoms with E-state index in [0.717, 1.165) is 19.3 Å². The molecule has 3 N–H and O–H groups in total. The Morgan fingerprint density at radius 2 is 2.25 bits per heavy atom. The van der Waals surface area contributed by atoms with Crippen LogP contribution in [0.25, 0.3) is 0 Å². The van der Waals surface area contributed by atoms with E-state index in [-0.39, 0.29) is 12.0 Å². The molecule has 1 rings (SSSR count). The average Bonchev–Trinajstić information content (AvgIpc) is 2.77. The summed E-state index contributed by atoms with van der Waals surface area (Å²) in [5, 5.41) is 11.7. The molecule has 0 aliphatic rings. The second-order valence-electron chi connectivity index (χ2n) is 5.04. The molecule has 1 heterocycles. The van der Waals surface area contributed by atoms with Crippen LogP contribution >= 0.6 is 11.3 Å². The second-order valence-corrected chi connectivity index (χ2v) is 6.07. The molecule has 1 unspecified atom stereocenters. The third-order valence-corrected chi connectivity index (χ3v) is 4.03. The smallest absolute Gasteiger partial charge is 0.0499 e. The summed E-state index contributed by atoms with van der Waals surface area (Å²) < 4.78 is 0. The van der Waals surface area contributed by atoms with E-state index in [1.165, 1.54) is 4.88 Å². The second kappa shape index (κ2) is 6.38. The molecule has 0 spiro atoms. The predicted octanol–water partition coefficient (Wildman–Crippen LogP) is 2.66. The first-order chi connectivity index (χ1) is 7.62. The highest BCUT2D eigenvalue weighted by molar-refractivity contribution is 7.09. The van der Waals surface area contributed by atoms with Crippen molar-refractivity contribution in [1.82, 2.24) is 0 Å². The molecule has 0 saturated heterocycles. The van der Waals surface area contributed by atoms with Crippen molar-refractivity contribution in [2.75, 3.05) is 13.2 Å². The largest absolute Gasteiger partial charge is 0.396 e. The van der Waals surface area contributed by atoms with E-state index in [4.69, 9.17) is 5.73 Å². The SMILES string of the molecule is CC(C)CC(CN)(CO)CCc1cccs1. The van der Waals surface area contributed by atoms with Gasteiger partial charge in [0, 0.05) is 23.4 Å². The highest BCUT2D eigenvalue weighted by Crippen LogP contribution is 2.31. The Labute approximate surface area is 102 Å². The first-order valence-corrected chi connectivity index (χ1v) is 6.83. The molecule has 0 aromatic carbocycles. The van der Waals surface area contributed by atoms with Crippen molar-refractivity contribution in [2.45, 2.75) is 33.1 Å². The number of aliphatic hydroxyl groups is 1. The lowest BCUT2D eigenvalue weighted by Gasteiger charge is -2.32. The van der Waals surface area contributed by atoms with Gasteiger partial charge in [-0.25, -0.2) is 0 Å². The summed E-state index contributed by atoms with van der Waals surface area (Å²) in [6.45, 7) is 5.15. The topological polar surface area (TPSA) is 46.2 Å². The molecule has 0 aliphatic heterocycles. The van der Waals surface area contributed by atoms with Gasteiger partial charge in [-0.3, -0.25) is 0 Å². The first kappa shape index (κ1) is 13.7. The molecule has 3 heteroatoms. The minimum Gasteiger partial charge on any atom is -0.396 e. The summed E-state index contributed by atoms with van der Waals surface area (Å²) in [4.78, 5) is 1.38. The van der Waals surface area contributed by atoms with Gasteiger partial charge in [0.15, 0.2) is 0 Å². The molecule has 0 bridgehead atoms. The van der Waals surface area contributed by atoms with Crippen molar-refractivity contribution in [2.24, 2.45) is 17.1 Å². The summed E-state index contributed by atoms with van der Waals surface area (Å²) in [6, 6.07) is 4.23. The lowest BCUT2D eigenvalue weighted by atomic mass is 9.77. The van der Waals surface area contributed by atoms with Gasteiger partial charge in [0.2, 0.25) is 0 Å². The number of hydrogen-bond donors (Lipinski definition) is 2. The average molecular weight is 241 g/mol. The van der Waals surface area contributed by atoms with Crippen LogP contribution < -0.4 is 5.73 Å². The van der Waals surface area contributed by atoms with Crippen LogP contribution in [0.3, 0.4) is 0 Å². The molecular formula is C13H23NOS. The Kier molecular flexibility index (Phi) is 5.46. The summed E-state index contributed by atoms with van der Waals surface area (Å²) >= 11 is 1.78. The highest BCUT2D eigenvalue weighted by Gasteiger charge is 2.28. The quantitative estimate of drug-likeness (QED) is 0.771. The zero-order chi connectivity index (χ0) is 12.0. The van der Waals surface area contributed by atoms with Crippen LogP contribution in [-0.4, -0.2) is 18.3 Å². The van der Waals surface area contributed by atoms with E-state index in [0.29, 0.717) is 12.5 Å². The number of hydrogen-bond acceptors (Lipinski definition) is 3. The van der Waals surface area contributed by atoms with Gasteiger partial charge in [-0.05, 0) is 36.6 Å². The van der Waals surface area contributed by atoms with Crippen LogP contribution in [0.2, 0.25) is 0 Å². The number of aliphatic hydroxyl groups excluding tert-OH is 1. The van der Waals surface area contributed by atoms with Crippen molar-refractivity contribution in [3.05, 3.63) is 22.4 Å². The summed E-state index contributed by atoms with van der Waals surface area (Å²) in [5.74, 6) is 0.582. The molecule has 1 aromatic heterocycles. The summed E-state index contributed by atoms with van der Waals surface area (Å²) in [5.41, 5.74) is 5.76. The van der Waals surface area contributed by atoms with Crippen molar-refractivity contribution >= 4 is 11.3 Å². The standard InChI is InChI=1S/C13H23NOS/c1-11(2)8-13(9-14,10-15)6-5-12-4-3-7-16-12/h3-4,7,11,15H,5-6,8-10,14H2,1-2H3. The molecule has 0 amide bonds. The van der Waals surface area contributed by atoms with E-state index in [9.17, 15) is 5.11 Å². The highest BCUT2D eigenvalue weighted by atomic mass is 32.1. The Morgan fingerprint density at radius 3 is 2.69 bits per heavy atom. The van der Waals surface area contributed by atoms with Gasteiger partial charge in [-0.15, -0.1) is 11.3 Å². The van der Waals surface area contributed by atoms with Gasteiger partial charge < -0.3 is 10.8 Å². The normalized spacial score (nSPS) is 15.3. The molecule has 0 radical (unpaired) electrons. The minimum absolute atomic E-state index is 0.0852. The van der Waals surface area contributed by atoms with Gasteiger partial charge in [-0.2, -0.15) is 0 Å². The van der Waals surface area contributed by atoms with Gasteiger partial charge in [0.1, 0.15) is 0 Å². The lowest BCUT2D eigenvalue weighted by Crippen LogP contribution is -2.36. The van der Waals surface area contributed by atoms with Crippen LogP contribution in [0, 0.1) is 11.3 Å². The molecule has 16 heavy (non-hydrogen) atoms. The Hall–Kier alpha value is -0.380. The van der Waals surface area contributed by atoms with Crippen molar-refractivity contribution in [3.63, 3.8) is 0 Å². The first-order valence-electron chi connectivity index (χ1n) is 5.95. The molecule has 1 aromatic rings. The monoisotopic (exact) mass is 241 g/mol. The minimum atomic E-state index is -0.0852. The molecule has 0 aliphatic carbocycles. The van der Waals surface area contributed by atoms with Crippen LogP contribution in [0.4, 0.5) is 0 Å². The van der Waals surface area contributed by atoms with E-state index in [2.05, 4.69) is 31.4 Å². The van der Waals surface area contributed by atoms with Crippen molar-refractivity contribution in [3.8, 4) is 0 Å². The Morgan fingerprint density at radius 1 is 1.50 bits per heavy atom. The molecule has 0 saturated carbocycles. The maximum absolute atomic E-state index is 9.58. The van der Waals surface area contributed by atoms with Gasteiger partial charge in [0.05, 0.1) is 0 Å². The third-order valence-electron chi connectivity index (χ3n) is 3.09. The van der Waals surface area contributed by atoms with E-state index in [1.54, 1.807) is 11.3 Å². The van der Waals surface area contributed by atoms with Crippen molar-refractivity contribution < 1.29 is 5.11 Å². The van der Waals surface area contributed by atoms with Gasteiger partial charge >= 0.3 is 0 Å². The van der Waals surface area contributed by atoms with Gasteiger partial charge in [-0.1, -0.05) is 19.9 Å². The number of nitrogens with two attached hydrogens (primary N) is 1. The molecular weight excluding hydrogens is 218 g/mol. The van der Waals surface area contributed by atoms with Crippen molar-refractivity contribution in [1.29, 1.82) is 0 Å².